The number of hydrogen-bond acceptors (Lipinski definition) is 3. The van der Waals surface area contributed by atoms with Gasteiger partial charge >= 0.3 is 0 Å². The molecule has 0 radical (unpaired) electrons. The molecule has 0 aromatic carbocycles. The summed E-state index contributed by atoms with van der Waals surface area (Å²) in [4.78, 5) is 8.85. The highest BCUT2D eigenvalue weighted by Crippen LogP contribution is 2.22. The van der Waals surface area contributed by atoms with E-state index in [9.17, 15) is 0 Å². The van der Waals surface area contributed by atoms with Crippen molar-refractivity contribution in [1.82, 2.24) is 9.97 Å². The molecule has 15 heavy (non-hydrogen) atoms. The van der Waals surface area contributed by atoms with Gasteiger partial charge in [-0.15, -0.1) is 11.3 Å². The van der Waals surface area contributed by atoms with Crippen LogP contribution >= 0.6 is 23.6 Å². The second-order valence-corrected chi connectivity index (χ2v) is 4.66. The standard InChI is InChI=1S/C11H12N2S2/c1-3-8-7(2)12-10(13-11(8)14)9-5-4-6-15-9/h4-6H,3H2,1-2H3,(H,12,13,14). The minimum absolute atomic E-state index is 0.720. The maximum Gasteiger partial charge on any atom is 0.149 e. The van der Waals surface area contributed by atoms with E-state index in [1.807, 2.05) is 24.4 Å². The Bertz CT molecular complexity index is 512. The number of aromatic nitrogens is 2. The third-order valence-corrected chi connectivity index (χ3v) is 3.55. The first-order valence-electron chi connectivity index (χ1n) is 4.86. The van der Waals surface area contributed by atoms with Gasteiger partial charge in [0, 0.05) is 11.3 Å². The van der Waals surface area contributed by atoms with Gasteiger partial charge in [0.15, 0.2) is 0 Å². The van der Waals surface area contributed by atoms with Crippen molar-refractivity contribution in [2.24, 2.45) is 0 Å². The number of H-pyrrole nitrogens is 1. The molecule has 0 bridgehead atoms. The lowest BCUT2D eigenvalue weighted by atomic mass is 10.2. The molecular weight excluding hydrogens is 224 g/mol. The van der Waals surface area contributed by atoms with Crippen molar-refractivity contribution in [3.63, 3.8) is 0 Å². The summed E-state index contributed by atoms with van der Waals surface area (Å²) < 4.78 is 0.720. The fourth-order valence-corrected chi connectivity index (χ4v) is 2.61. The number of thiophene rings is 1. The van der Waals surface area contributed by atoms with Crippen molar-refractivity contribution in [3.05, 3.63) is 33.4 Å². The molecule has 1 N–H and O–H groups in total. The smallest absolute Gasteiger partial charge is 0.149 e. The molecule has 0 unspecified atom stereocenters. The van der Waals surface area contributed by atoms with Crippen LogP contribution < -0.4 is 0 Å². The summed E-state index contributed by atoms with van der Waals surface area (Å²) in [7, 11) is 0. The van der Waals surface area contributed by atoms with Gasteiger partial charge in [0.05, 0.1) is 4.88 Å². The largest absolute Gasteiger partial charge is 0.342 e. The summed E-state index contributed by atoms with van der Waals surface area (Å²) in [6.07, 6.45) is 0.929. The Kier molecular flexibility index (Phi) is 2.98. The number of hydrogen-bond donors (Lipinski definition) is 1. The number of nitrogens with zero attached hydrogens (tertiary/aromatic N) is 1. The van der Waals surface area contributed by atoms with Crippen molar-refractivity contribution in [2.45, 2.75) is 20.3 Å². The number of aromatic amines is 1. The average Bonchev–Trinajstić information content (AvgIpc) is 2.69. The monoisotopic (exact) mass is 236 g/mol. The Hall–Kier alpha value is -1.00. The van der Waals surface area contributed by atoms with E-state index in [4.69, 9.17) is 12.2 Å². The molecule has 0 aliphatic rings. The lowest BCUT2D eigenvalue weighted by Crippen LogP contribution is -1.97. The highest BCUT2D eigenvalue weighted by molar-refractivity contribution is 7.71. The molecule has 0 atom stereocenters. The minimum Gasteiger partial charge on any atom is -0.342 e. The third-order valence-electron chi connectivity index (χ3n) is 2.34. The molecule has 2 rings (SSSR count). The van der Waals surface area contributed by atoms with Gasteiger partial charge in [-0.3, -0.25) is 0 Å². The number of rotatable bonds is 2. The summed E-state index contributed by atoms with van der Waals surface area (Å²) in [5, 5.41) is 2.04. The molecule has 78 valence electrons. The highest BCUT2D eigenvalue weighted by atomic mass is 32.1. The van der Waals surface area contributed by atoms with Gasteiger partial charge in [0.1, 0.15) is 10.5 Å². The number of nitrogens with one attached hydrogen (secondary N) is 1. The average molecular weight is 236 g/mol. The molecule has 2 nitrogen and oxygen atoms in total. The van der Waals surface area contributed by atoms with Crippen molar-refractivity contribution >= 4 is 23.6 Å². The number of aryl methyl sites for hydroxylation is 1. The van der Waals surface area contributed by atoms with E-state index in [2.05, 4.69) is 16.9 Å². The summed E-state index contributed by atoms with van der Waals surface area (Å²) in [5.74, 6) is 0.879. The van der Waals surface area contributed by atoms with E-state index in [0.29, 0.717) is 0 Å². The zero-order valence-corrected chi connectivity index (χ0v) is 10.3. The van der Waals surface area contributed by atoms with Crippen LogP contribution in [0.4, 0.5) is 0 Å². The van der Waals surface area contributed by atoms with Crippen molar-refractivity contribution in [3.8, 4) is 10.7 Å². The summed E-state index contributed by atoms with van der Waals surface area (Å²) in [5.41, 5.74) is 2.27. The topological polar surface area (TPSA) is 28.7 Å². The van der Waals surface area contributed by atoms with Crippen LogP contribution in [-0.4, -0.2) is 9.97 Å². The predicted molar refractivity (Wildman–Crippen MR) is 66.8 cm³/mol. The first kappa shape index (κ1) is 10.5. The van der Waals surface area contributed by atoms with Gasteiger partial charge in [-0.05, 0) is 24.8 Å². The molecule has 2 aromatic rings. The van der Waals surface area contributed by atoms with Crippen LogP contribution in [-0.2, 0) is 6.42 Å². The van der Waals surface area contributed by atoms with Gasteiger partial charge in [-0.2, -0.15) is 0 Å². The van der Waals surface area contributed by atoms with Gasteiger partial charge < -0.3 is 4.98 Å². The molecule has 0 spiro atoms. The Morgan fingerprint density at radius 2 is 2.33 bits per heavy atom. The molecule has 0 saturated heterocycles. The first-order valence-corrected chi connectivity index (χ1v) is 6.15. The first-order chi connectivity index (χ1) is 7.22. The zero-order valence-electron chi connectivity index (χ0n) is 8.70. The van der Waals surface area contributed by atoms with Crippen LogP contribution in [0.3, 0.4) is 0 Å². The fourth-order valence-electron chi connectivity index (χ4n) is 1.56. The molecule has 2 heterocycles. The SMILES string of the molecule is CCc1c(C)[nH]c(-c2cccs2)nc1=S. The summed E-state index contributed by atoms with van der Waals surface area (Å²) in [6, 6.07) is 4.06. The quantitative estimate of drug-likeness (QED) is 0.805. The van der Waals surface area contributed by atoms with E-state index in [0.717, 1.165) is 33.0 Å². The molecule has 0 amide bonds. The lowest BCUT2D eigenvalue weighted by Gasteiger charge is -2.05. The van der Waals surface area contributed by atoms with Crippen LogP contribution in [0.15, 0.2) is 17.5 Å². The molecule has 0 aliphatic carbocycles. The fraction of sp³-hybridized carbons (Fsp3) is 0.273. The Labute approximate surface area is 98.0 Å². The van der Waals surface area contributed by atoms with Crippen LogP contribution in [0.25, 0.3) is 10.7 Å². The van der Waals surface area contributed by atoms with Crippen LogP contribution in [0.2, 0.25) is 0 Å². The summed E-state index contributed by atoms with van der Waals surface area (Å²) in [6.45, 7) is 4.14. The van der Waals surface area contributed by atoms with E-state index >= 15 is 0 Å². The maximum absolute atomic E-state index is 5.27. The van der Waals surface area contributed by atoms with Crippen molar-refractivity contribution in [2.75, 3.05) is 0 Å². The lowest BCUT2D eigenvalue weighted by molar-refractivity contribution is 0.992. The Balaban J connectivity index is 2.58. The van der Waals surface area contributed by atoms with Crippen molar-refractivity contribution in [1.29, 1.82) is 0 Å². The Morgan fingerprint density at radius 3 is 2.87 bits per heavy atom. The highest BCUT2D eigenvalue weighted by Gasteiger charge is 2.05. The third kappa shape index (κ3) is 2.01. The van der Waals surface area contributed by atoms with Gasteiger partial charge in [-0.1, -0.05) is 25.2 Å². The van der Waals surface area contributed by atoms with E-state index in [1.165, 1.54) is 0 Å². The van der Waals surface area contributed by atoms with E-state index in [-0.39, 0.29) is 0 Å². The zero-order chi connectivity index (χ0) is 10.8. The van der Waals surface area contributed by atoms with Crippen LogP contribution in [0.1, 0.15) is 18.2 Å². The normalized spacial score (nSPS) is 10.5. The Morgan fingerprint density at radius 1 is 1.53 bits per heavy atom. The van der Waals surface area contributed by atoms with Crippen molar-refractivity contribution < 1.29 is 0 Å². The van der Waals surface area contributed by atoms with Gasteiger partial charge in [0.2, 0.25) is 0 Å². The van der Waals surface area contributed by atoms with Crippen LogP contribution in [0, 0.1) is 11.6 Å². The molecule has 0 saturated carbocycles. The molecule has 0 aliphatic heterocycles. The molecule has 0 fully saturated rings. The second kappa shape index (κ2) is 4.24. The van der Waals surface area contributed by atoms with Gasteiger partial charge in [0.25, 0.3) is 0 Å². The van der Waals surface area contributed by atoms with E-state index < -0.39 is 0 Å². The molecule has 4 heteroatoms. The summed E-state index contributed by atoms with van der Waals surface area (Å²) >= 11 is 6.94. The van der Waals surface area contributed by atoms with Gasteiger partial charge in [-0.25, -0.2) is 4.98 Å². The molecular formula is C11H12N2S2. The van der Waals surface area contributed by atoms with Crippen LogP contribution in [0.5, 0.6) is 0 Å². The minimum atomic E-state index is 0.720. The maximum atomic E-state index is 5.27. The molecule has 2 aromatic heterocycles. The predicted octanol–water partition coefficient (Wildman–Crippen LogP) is 3.74. The second-order valence-electron chi connectivity index (χ2n) is 3.32. The van der Waals surface area contributed by atoms with E-state index in [1.54, 1.807) is 11.3 Å².